The Morgan fingerprint density at radius 2 is 0.857 bits per heavy atom. The van der Waals surface area contributed by atoms with Crippen molar-refractivity contribution in [1.29, 1.82) is 0 Å². The predicted molar refractivity (Wildman–Crippen MR) is 115 cm³/mol. The van der Waals surface area contributed by atoms with Crippen LogP contribution in [0.25, 0.3) is 0 Å². The summed E-state index contributed by atoms with van der Waals surface area (Å²) < 4.78 is 31.6. The van der Waals surface area contributed by atoms with E-state index in [0.717, 1.165) is 6.54 Å². The largest absolute Gasteiger partial charge is 0.395 e. The second kappa shape index (κ2) is 23.0. The van der Waals surface area contributed by atoms with Gasteiger partial charge in [0.2, 0.25) is 0 Å². The molecule has 0 amide bonds. The van der Waals surface area contributed by atoms with Crippen molar-refractivity contribution in [3.63, 3.8) is 0 Å². The molecule has 0 saturated carbocycles. The van der Waals surface area contributed by atoms with Gasteiger partial charge in [-0.1, -0.05) is 90.4 Å². The van der Waals surface area contributed by atoms with Gasteiger partial charge in [0.1, 0.15) is 0 Å². The molecule has 28 heavy (non-hydrogen) atoms. The molecule has 0 fully saturated rings. The van der Waals surface area contributed by atoms with Gasteiger partial charge in [0, 0.05) is 13.1 Å². The summed E-state index contributed by atoms with van der Waals surface area (Å²) in [5, 5.41) is 17.9. The van der Waals surface area contributed by atoms with Gasteiger partial charge in [-0.2, -0.15) is 8.42 Å². The van der Waals surface area contributed by atoms with Crippen LogP contribution in [0, 0.1) is 0 Å². The molecule has 8 heteroatoms. The van der Waals surface area contributed by atoms with Crippen molar-refractivity contribution in [2.45, 2.75) is 96.8 Å². The quantitative estimate of drug-likeness (QED) is 0.181. The molecule has 0 aliphatic heterocycles. The van der Waals surface area contributed by atoms with Crippen LogP contribution in [0.1, 0.15) is 96.8 Å². The maximum absolute atomic E-state index is 8.96. The minimum atomic E-state index is -4.67. The molecule has 0 aliphatic carbocycles. The molecule has 0 aromatic carbocycles. The second-order valence-corrected chi connectivity index (χ2v) is 8.23. The number of rotatable bonds is 19. The first kappa shape index (κ1) is 29.9. The minimum Gasteiger partial charge on any atom is -0.395 e. The van der Waals surface area contributed by atoms with Gasteiger partial charge in [-0.25, -0.2) is 0 Å². The van der Waals surface area contributed by atoms with Crippen LogP contribution in [-0.4, -0.2) is 65.5 Å². The van der Waals surface area contributed by atoms with E-state index in [1.807, 2.05) is 0 Å². The van der Waals surface area contributed by atoms with Crippen molar-refractivity contribution in [2.75, 3.05) is 32.8 Å². The average Bonchev–Trinajstić information content (AvgIpc) is 2.61. The van der Waals surface area contributed by atoms with E-state index in [0.29, 0.717) is 13.1 Å². The zero-order chi connectivity index (χ0) is 21.5. The van der Waals surface area contributed by atoms with Gasteiger partial charge in [-0.15, -0.1) is 0 Å². The molecular formula is C20H45NO6S. The molecule has 0 radical (unpaired) electrons. The lowest BCUT2D eigenvalue weighted by molar-refractivity contribution is 0.159. The average molecular weight is 428 g/mol. The van der Waals surface area contributed by atoms with Gasteiger partial charge in [0.25, 0.3) is 0 Å². The standard InChI is InChI=1S/C20H43NO2.H2O4S/c1-2-3-4-5-6-7-8-9-10-11-12-13-14-15-16-21(17-19-22)18-20-23;1-5(2,3)4/h22-23H,2-20H2,1H3;(H2,1,2,3,4). The smallest absolute Gasteiger partial charge is 0.394 e. The van der Waals surface area contributed by atoms with Crippen LogP contribution in [0.3, 0.4) is 0 Å². The molecule has 7 nitrogen and oxygen atoms in total. The third-order valence-electron chi connectivity index (χ3n) is 4.66. The summed E-state index contributed by atoms with van der Waals surface area (Å²) >= 11 is 0. The Morgan fingerprint density at radius 3 is 1.14 bits per heavy atom. The monoisotopic (exact) mass is 427 g/mol. The van der Waals surface area contributed by atoms with E-state index < -0.39 is 10.4 Å². The molecule has 4 N–H and O–H groups in total. The zero-order valence-corrected chi connectivity index (χ0v) is 18.7. The first-order chi connectivity index (χ1) is 13.3. The maximum Gasteiger partial charge on any atom is 0.394 e. The third kappa shape index (κ3) is 33.3. The van der Waals surface area contributed by atoms with Crippen LogP contribution in [0.5, 0.6) is 0 Å². The van der Waals surface area contributed by atoms with Gasteiger partial charge >= 0.3 is 10.4 Å². The van der Waals surface area contributed by atoms with Crippen LogP contribution < -0.4 is 0 Å². The lowest BCUT2D eigenvalue weighted by Gasteiger charge is -2.19. The highest BCUT2D eigenvalue weighted by Gasteiger charge is 2.02. The van der Waals surface area contributed by atoms with Gasteiger partial charge in [0.15, 0.2) is 0 Å². The molecule has 0 heterocycles. The number of aliphatic hydroxyl groups is 2. The fourth-order valence-corrected chi connectivity index (χ4v) is 3.15. The number of hydrogen-bond acceptors (Lipinski definition) is 5. The van der Waals surface area contributed by atoms with Crippen molar-refractivity contribution < 1.29 is 27.7 Å². The molecule has 0 unspecified atom stereocenters. The lowest BCUT2D eigenvalue weighted by Crippen LogP contribution is -2.30. The molecule has 0 saturated heterocycles. The highest BCUT2D eigenvalue weighted by molar-refractivity contribution is 7.79. The summed E-state index contributed by atoms with van der Waals surface area (Å²) in [6.07, 6.45) is 19.4. The molecule has 0 aliphatic rings. The lowest BCUT2D eigenvalue weighted by atomic mass is 10.0. The van der Waals surface area contributed by atoms with E-state index in [4.69, 9.17) is 27.7 Å². The van der Waals surface area contributed by atoms with Crippen LogP contribution in [-0.2, 0) is 10.4 Å². The van der Waals surface area contributed by atoms with Crippen molar-refractivity contribution in [2.24, 2.45) is 0 Å². The van der Waals surface area contributed by atoms with E-state index in [1.165, 1.54) is 89.9 Å². The van der Waals surface area contributed by atoms with E-state index in [1.54, 1.807) is 0 Å². The van der Waals surface area contributed by atoms with Crippen molar-refractivity contribution in [3.8, 4) is 0 Å². The fraction of sp³-hybridized carbons (Fsp3) is 1.00. The zero-order valence-electron chi connectivity index (χ0n) is 17.9. The number of aliphatic hydroxyl groups excluding tert-OH is 2. The molecule has 0 spiro atoms. The molecule has 0 rings (SSSR count). The molecule has 0 aromatic rings. The summed E-state index contributed by atoms with van der Waals surface area (Å²) in [6, 6.07) is 0. The summed E-state index contributed by atoms with van der Waals surface area (Å²) in [5.74, 6) is 0. The Morgan fingerprint density at radius 1 is 0.571 bits per heavy atom. The van der Waals surface area contributed by atoms with Crippen molar-refractivity contribution >= 4 is 10.4 Å². The molecule has 172 valence electrons. The van der Waals surface area contributed by atoms with Crippen molar-refractivity contribution in [1.82, 2.24) is 4.90 Å². The number of hydrogen-bond donors (Lipinski definition) is 4. The first-order valence-electron chi connectivity index (χ1n) is 11.0. The number of nitrogens with zero attached hydrogens (tertiary/aromatic N) is 1. The first-order valence-corrected chi connectivity index (χ1v) is 12.4. The van der Waals surface area contributed by atoms with Crippen LogP contribution in [0.2, 0.25) is 0 Å². The van der Waals surface area contributed by atoms with Gasteiger partial charge < -0.3 is 10.2 Å². The second-order valence-electron chi connectivity index (χ2n) is 7.33. The molecule has 0 aromatic heterocycles. The van der Waals surface area contributed by atoms with Gasteiger partial charge in [-0.05, 0) is 13.0 Å². The van der Waals surface area contributed by atoms with Crippen LogP contribution >= 0.6 is 0 Å². The molecule has 0 bridgehead atoms. The summed E-state index contributed by atoms with van der Waals surface area (Å²) in [6.45, 7) is 5.06. The van der Waals surface area contributed by atoms with E-state index in [9.17, 15) is 0 Å². The molecule has 0 atom stereocenters. The van der Waals surface area contributed by atoms with Crippen molar-refractivity contribution in [3.05, 3.63) is 0 Å². The Balaban J connectivity index is 0. The fourth-order valence-electron chi connectivity index (χ4n) is 3.15. The Kier molecular flexibility index (Phi) is 24.6. The maximum atomic E-state index is 8.96. The predicted octanol–water partition coefficient (Wildman–Crippen LogP) is 4.10. The van der Waals surface area contributed by atoms with Crippen LogP contribution in [0.15, 0.2) is 0 Å². The Hall–Kier alpha value is -0.250. The highest BCUT2D eigenvalue weighted by atomic mass is 32.3. The summed E-state index contributed by atoms with van der Waals surface area (Å²) in [7, 11) is -4.67. The normalized spacial score (nSPS) is 11.5. The SMILES string of the molecule is CCCCCCCCCCCCCCCCN(CCO)CCO.O=S(=O)(O)O. The van der Waals surface area contributed by atoms with Gasteiger partial charge in [0.05, 0.1) is 13.2 Å². The van der Waals surface area contributed by atoms with E-state index >= 15 is 0 Å². The third-order valence-corrected chi connectivity index (χ3v) is 4.66. The topological polar surface area (TPSA) is 118 Å². The Bertz CT molecular complexity index is 378. The Labute approximate surface area is 173 Å². The molecular weight excluding hydrogens is 382 g/mol. The summed E-state index contributed by atoms with van der Waals surface area (Å²) in [5.41, 5.74) is 0. The highest BCUT2D eigenvalue weighted by Crippen LogP contribution is 2.13. The van der Waals surface area contributed by atoms with E-state index in [2.05, 4.69) is 11.8 Å². The number of unbranched alkanes of at least 4 members (excludes halogenated alkanes) is 13. The minimum absolute atomic E-state index is 0.193. The summed E-state index contributed by atoms with van der Waals surface area (Å²) in [4.78, 5) is 2.15. The van der Waals surface area contributed by atoms with E-state index in [-0.39, 0.29) is 13.2 Å². The van der Waals surface area contributed by atoms with Crippen LogP contribution in [0.4, 0.5) is 0 Å². The van der Waals surface area contributed by atoms with Gasteiger partial charge in [-0.3, -0.25) is 14.0 Å².